The molecule has 0 atom stereocenters. The van der Waals surface area contributed by atoms with Crippen LogP contribution < -0.4 is 5.32 Å². The Morgan fingerprint density at radius 1 is 1.50 bits per heavy atom. The summed E-state index contributed by atoms with van der Waals surface area (Å²) in [6.07, 6.45) is 2.70. The maximum absolute atomic E-state index is 11.3. The standard InChI is InChI=1S/C9H17N2O/c1-3-9(12)11(2)8-4-6-10-7-5-8/h8H,3-7H2,1-2H3. The lowest BCUT2D eigenvalue weighted by molar-refractivity contribution is -0.132. The maximum Gasteiger partial charge on any atom is 0.222 e. The summed E-state index contributed by atoms with van der Waals surface area (Å²) < 4.78 is 0. The maximum atomic E-state index is 11.3. The van der Waals surface area contributed by atoms with E-state index in [0.717, 1.165) is 25.9 Å². The van der Waals surface area contributed by atoms with Gasteiger partial charge in [0.2, 0.25) is 5.91 Å². The van der Waals surface area contributed by atoms with E-state index in [1.54, 1.807) is 0 Å². The van der Waals surface area contributed by atoms with Crippen molar-refractivity contribution in [2.24, 2.45) is 0 Å². The van der Waals surface area contributed by atoms with E-state index in [9.17, 15) is 4.79 Å². The van der Waals surface area contributed by atoms with E-state index < -0.39 is 0 Å². The SMILES string of the molecule is CCC(=O)N(C)C1CC[N]CC1. The molecular formula is C9H17N2O. The molecule has 1 radical (unpaired) electrons. The molecule has 69 valence electrons. The second-order valence-electron chi connectivity index (χ2n) is 3.26. The topological polar surface area (TPSA) is 34.4 Å². The summed E-state index contributed by atoms with van der Waals surface area (Å²) in [6.45, 7) is 3.75. The highest BCUT2D eigenvalue weighted by atomic mass is 16.2. The van der Waals surface area contributed by atoms with Gasteiger partial charge in [-0.15, -0.1) is 0 Å². The molecule has 0 N–H and O–H groups in total. The molecule has 1 saturated heterocycles. The number of amides is 1. The van der Waals surface area contributed by atoms with Gasteiger partial charge in [-0.3, -0.25) is 4.79 Å². The molecule has 0 saturated carbocycles. The molecule has 1 amide bonds. The zero-order valence-electron chi connectivity index (χ0n) is 7.92. The van der Waals surface area contributed by atoms with E-state index in [2.05, 4.69) is 5.32 Å². The van der Waals surface area contributed by atoms with Crippen LogP contribution in [-0.2, 0) is 4.79 Å². The fourth-order valence-electron chi connectivity index (χ4n) is 1.58. The van der Waals surface area contributed by atoms with Gasteiger partial charge in [0.1, 0.15) is 0 Å². The van der Waals surface area contributed by atoms with E-state index >= 15 is 0 Å². The smallest absolute Gasteiger partial charge is 0.222 e. The van der Waals surface area contributed by atoms with Gasteiger partial charge in [0.15, 0.2) is 0 Å². The van der Waals surface area contributed by atoms with Gasteiger partial charge in [0, 0.05) is 32.6 Å². The predicted octanol–water partition coefficient (Wildman–Crippen LogP) is 0.622. The molecule has 3 nitrogen and oxygen atoms in total. The average molecular weight is 169 g/mol. The second-order valence-corrected chi connectivity index (χ2v) is 3.26. The summed E-state index contributed by atoms with van der Waals surface area (Å²) in [7, 11) is 1.90. The third-order valence-electron chi connectivity index (χ3n) is 2.48. The van der Waals surface area contributed by atoms with Crippen molar-refractivity contribution in [1.82, 2.24) is 10.2 Å². The summed E-state index contributed by atoms with van der Waals surface area (Å²) in [6, 6.07) is 0.440. The quantitative estimate of drug-likeness (QED) is 0.596. The van der Waals surface area contributed by atoms with Gasteiger partial charge >= 0.3 is 0 Å². The lowest BCUT2D eigenvalue weighted by Crippen LogP contribution is -2.41. The molecule has 1 fully saturated rings. The molecular weight excluding hydrogens is 152 g/mol. The van der Waals surface area contributed by atoms with Crippen molar-refractivity contribution >= 4 is 5.91 Å². The minimum absolute atomic E-state index is 0.252. The Hall–Kier alpha value is -0.570. The summed E-state index contributed by atoms with van der Waals surface area (Å²) in [5.74, 6) is 0.252. The molecule has 0 aromatic carbocycles. The molecule has 1 heterocycles. The van der Waals surface area contributed by atoms with Crippen molar-refractivity contribution in [1.29, 1.82) is 0 Å². The molecule has 0 aliphatic carbocycles. The highest BCUT2D eigenvalue weighted by molar-refractivity contribution is 5.75. The van der Waals surface area contributed by atoms with Crippen LogP contribution in [0.4, 0.5) is 0 Å². The van der Waals surface area contributed by atoms with Gasteiger partial charge in [-0.1, -0.05) is 6.92 Å². The lowest BCUT2D eigenvalue weighted by Gasteiger charge is -2.30. The number of nitrogens with zero attached hydrogens (tertiary/aromatic N) is 2. The van der Waals surface area contributed by atoms with E-state index in [-0.39, 0.29) is 5.91 Å². The Kier molecular flexibility index (Phi) is 3.53. The minimum Gasteiger partial charge on any atom is -0.343 e. The van der Waals surface area contributed by atoms with E-state index in [1.807, 2.05) is 18.9 Å². The number of rotatable bonds is 2. The molecule has 3 heteroatoms. The van der Waals surface area contributed by atoms with Crippen molar-refractivity contribution in [2.75, 3.05) is 20.1 Å². The monoisotopic (exact) mass is 169 g/mol. The van der Waals surface area contributed by atoms with E-state index in [0.29, 0.717) is 12.5 Å². The fraction of sp³-hybridized carbons (Fsp3) is 0.889. The number of carbonyl (C=O) groups excluding carboxylic acids is 1. The van der Waals surface area contributed by atoms with Crippen LogP contribution in [0, 0.1) is 0 Å². The van der Waals surface area contributed by atoms with Gasteiger partial charge < -0.3 is 4.90 Å². The Labute approximate surface area is 74.1 Å². The van der Waals surface area contributed by atoms with Crippen molar-refractivity contribution in [3.8, 4) is 0 Å². The highest BCUT2D eigenvalue weighted by Gasteiger charge is 2.20. The van der Waals surface area contributed by atoms with Crippen molar-refractivity contribution in [3.63, 3.8) is 0 Å². The summed E-state index contributed by atoms with van der Waals surface area (Å²) in [5.41, 5.74) is 0. The number of hydrogen-bond donors (Lipinski definition) is 0. The number of hydrogen-bond acceptors (Lipinski definition) is 1. The Morgan fingerprint density at radius 2 is 2.08 bits per heavy atom. The Bertz CT molecular complexity index is 153. The molecule has 12 heavy (non-hydrogen) atoms. The fourth-order valence-corrected chi connectivity index (χ4v) is 1.58. The third kappa shape index (κ3) is 2.21. The van der Waals surface area contributed by atoms with Crippen molar-refractivity contribution in [2.45, 2.75) is 32.2 Å². The van der Waals surface area contributed by atoms with Crippen LogP contribution in [0.15, 0.2) is 0 Å². The highest BCUT2D eigenvalue weighted by Crippen LogP contribution is 2.11. The van der Waals surface area contributed by atoms with Gasteiger partial charge in [0.25, 0.3) is 0 Å². The first-order chi connectivity index (χ1) is 5.75. The molecule has 0 aromatic heterocycles. The molecule has 1 aliphatic heterocycles. The van der Waals surface area contributed by atoms with Crippen LogP contribution in [-0.4, -0.2) is 37.0 Å². The Balaban J connectivity index is 2.39. The minimum atomic E-state index is 0.252. The first-order valence-corrected chi connectivity index (χ1v) is 4.64. The zero-order chi connectivity index (χ0) is 8.97. The van der Waals surface area contributed by atoms with Crippen LogP contribution in [0.1, 0.15) is 26.2 Å². The van der Waals surface area contributed by atoms with Gasteiger partial charge in [0.05, 0.1) is 0 Å². The summed E-state index contributed by atoms with van der Waals surface area (Å²) in [4.78, 5) is 13.2. The zero-order valence-corrected chi connectivity index (χ0v) is 7.92. The first-order valence-electron chi connectivity index (χ1n) is 4.64. The summed E-state index contributed by atoms with van der Waals surface area (Å²) in [5, 5.41) is 4.26. The van der Waals surface area contributed by atoms with Crippen LogP contribution >= 0.6 is 0 Å². The molecule has 0 bridgehead atoms. The number of piperidine rings is 1. The Morgan fingerprint density at radius 3 is 2.58 bits per heavy atom. The molecule has 0 unspecified atom stereocenters. The lowest BCUT2D eigenvalue weighted by atomic mass is 10.1. The predicted molar refractivity (Wildman–Crippen MR) is 48.0 cm³/mol. The van der Waals surface area contributed by atoms with Crippen LogP contribution in [0.5, 0.6) is 0 Å². The van der Waals surface area contributed by atoms with Gasteiger partial charge in [-0.05, 0) is 12.8 Å². The summed E-state index contributed by atoms with van der Waals surface area (Å²) >= 11 is 0. The molecule has 1 rings (SSSR count). The van der Waals surface area contributed by atoms with Crippen molar-refractivity contribution < 1.29 is 4.79 Å². The van der Waals surface area contributed by atoms with Crippen LogP contribution in [0.2, 0.25) is 0 Å². The third-order valence-corrected chi connectivity index (χ3v) is 2.48. The van der Waals surface area contributed by atoms with E-state index in [1.165, 1.54) is 0 Å². The van der Waals surface area contributed by atoms with E-state index in [4.69, 9.17) is 0 Å². The second kappa shape index (κ2) is 4.45. The largest absolute Gasteiger partial charge is 0.343 e. The van der Waals surface area contributed by atoms with Gasteiger partial charge in [-0.25, -0.2) is 5.32 Å². The average Bonchev–Trinajstić information content (AvgIpc) is 2.17. The van der Waals surface area contributed by atoms with Crippen LogP contribution in [0.3, 0.4) is 0 Å². The van der Waals surface area contributed by atoms with Gasteiger partial charge in [-0.2, -0.15) is 0 Å². The van der Waals surface area contributed by atoms with Crippen LogP contribution in [0.25, 0.3) is 0 Å². The normalized spacial score (nSPS) is 19.2. The number of carbonyl (C=O) groups is 1. The van der Waals surface area contributed by atoms with Crippen molar-refractivity contribution in [3.05, 3.63) is 0 Å². The molecule has 0 spiro atoms. The molecule has 1 aliphatic rings. The first kappa shape index (κ1) is 9.52. The molecule has 0 aromatic rings.